The fraction of sp³-hybridized carbons (Fsp3) is 0.0467. The number of ether oxygens (including phenoxy) is 2. The van der Waals surface area contributed by atoms with E-state index in [-0.39, 0.29) is 10.6 Å². The summed E-state index contributed by atoms with van der Waals surface area (Å²) in [6.45, 7) is 0. The van der Waals surface area contributed by atoms with Crippen LogP contribution >= 0.6 is 0 Å². The number of benzene rings is 18. The van der Waals surface area contributed by atoms with Crippen molar-refractivity contribution in [2.45, 2.75) is 0 Å². The third kappa shape index (κ3) is 17.5. The van der Waals surface area contributed by atoms with Crippen LogP contribution in [0, 0.1) is 10.1 Å². The molecule has 18 aromatic rings. The van der Waals surface area contributed by atoms with E-state index in [1.807, 2.05) is 48.3 Å². The van der Waals surface area contributed by atoms with Gasteiger partial charge >= 0.3 is 0 Å². The largest absolute Gasteiger partial charge is 0.497 e. The normalized spacial score (nSPS) is 10.8. The van der Waals surface area contributed by atoms with E-state index in [1.54, 1.807) is 26.4 Å². The van der Waals surface area contributed by atoms with E-state index in [0.29, 0.717) is 0 Å². The van der Waals surface area contributed by atoms with Crippen LogP contribution in [-0.4, -0.2) is 40.3 Å². The molecule has 0 aromatic heterocycles. The Labute approximate surface area is 690 Å². The Morgan fingerprint density at radius 1 is 0.203 bits per heavy atom. The Morgan fingerprint density at radius 2 is 0.441 bits per heavy atom. The number of nitro groups is 1. The van der Waals surface area contributed by atoms with Crippen molar-refractivity contribution in [1.82, 2.24) is 0 Å². The monoisotopic (exact) mass is 1530 g/mol. The highest BCUT2D eigenvalue weighted by molar-refractivity contribution is 5.93. The molecule has 0 aliphatic carbocycles. The standard InChI is InChI=1S/2C36H30N2O.C35H27N3O2/c1-37(34-13-8-14-36(26-34)39-2)31-21-23-33(24-22-31)38(35-20-17-28-11-6-7-12-30(28)25-35)32-18-15-29(16-19-32)27-9-4-3-5-10-27;1-37(32-22-24-36(39-2)25-23-32)31-18-20-34(21-19-31)38(35-17-14-28-10-6-7-11-30(28)26-35)33-15-12-29(13-16-33)27-8-4-3-5-9-27;1-36(31-19-23-34(24-20-31)38(39)40)30-17-21-33(22-18-30)37(35-16-13-27-9-5-6-10-29(27)25-35)32-14-11-28(12-15-32)26-7-3-2-4-8-26/h2*3-26H,1-2H3;2-25H,1H3. The van der Waals surface area contributed by atoms with E-state index >= 15 is 0 Å². The van der Waals surface area contributed by atoms with E-state index in [4.69, 9.17) is 9.47 Å². The van der Waals surface area contributed by atoms with Crippen LogP contribution in [0.2, 0.25) is 0 Å². The van der Waals surface area contributed by atoms with Crippen molar-refractivity contribution < 1.29 is 14.4 Å². The number of hydrogen-bond donors (Lipinski definition) is 0. The highest BCUT2D eigenvalue weighted by Gasteiger charge is 2.20. The molecule has 11 heteroatoms. The van der Waals surface area contributed by atoms with Crippen molar-refractivity contribution in [2.24, 2.45) is 0 Å². The first-order chi connectivity index (χ1) is 57.9. The quantitative estimate of drug-likeness (QED) is 0.0513. The zero-order chi connectivity index (χ0) is 80.7. The van der Waals surface area contributed by atoms with E-state index in [1.165, 1.54) is 77.8 Å². The van der Waals surface area contributed by atoms with Crippen LogP contribution in [0.4, 0.5) is 91.0 Å². The lowest BCUT2D eigenvalue weighted by Gasteiger charge is -2.27. The fourth-order valence-corrected chi connectivity index (χ4v) is 14.9. The number of fused-ring (bicyclic) bond motifs is 3. The van der Waals surface area contributed by atoms with Crippen molar-refractivity contribution in [3.8, 4) is 44.9 Å². The Balaban J connectivity index is 0.000000132. The van der Waals surface area contributed by atoms with Crippen LogP contribution in [0.5, 0.6) is 11.5 Å². The molecule has 0 spiro atoms. The van der Waals surface area contributed by atoms with Gasteiger partial charge in [0.25, 0.3) is 5.69 Å². The molecule has 118 heavy (non-hydrogen) atoms. The summed E-state index contributed by atoms with van der Waals surface area (Å²) in [6.07, 6.45) is 0. The molecule has 0 N–H and O–H groups in total. The molecule has 18 aromatic carbocycles. The number of non-ortho nitro benzene ring substituents is 1. The number of methoxy groups -OCH3 is 2. The van der Waals surface area contributed by atoms with Gasteiger partial charge in [-0.3, -0.25) is 10.1 Å². The van der Waals surface area contributed by atoms with E-state index < -0.39 is 0 Å². The molecule has 574 valence electrons. The predicted octanol–water partition coefficient (Wildman–Crippen LogP) is 29.2. The van der Waals surface area contributed by atoms with Crippen LogP contribution < -0.4 is 38.9 Å². The maximum Gasteiger partial charge on any atom is 0.269 e. The molecular weight excluding hydrogens is 1450 g/mol. The first-order valence-corrected chi connectivity index (χ1v) is 39.3. The maximum atomic E-state index is 11.0. The van der Waals surface area contributed by atoms with Gasteiger partial charge < -0.3 is 38.9 Å². The predicted molar refractivity (Wildman–Crippen MR) is 495 cm³/mol. The van der Waals surface area contributed by atoms with Crippen molar-refractivity contribution in [3.05, 3.63) is 447 Å². The van der Waals surface area contributed by atoms with Crippen molar-refractivity contribution in [2.75, 3.05) is 64.8 Å². The van der Waals surface area contributed by atoms with Crippen molar-refractivity contribution in [3.63, 3.8) is 0 Å². The minimum absolute atomic E-state index is 0.0804. The zero-order valence-electron chi connectivity index (χ0n) is 66.3. The number of anilines is 15. The number of hydrogen-bond acceptors (Lipinski definition) is 10. The van der Waals surface area contributed by atoms with Gasteiger partial charge in [0, 0.05) is 125 Å². The zero-order valence-corrected chi connectivity index (χ0v) is 66.3. The average molecular weight is 1530 g/mol. The highest BCUT2D eigenvalue weighted by atomic mass is 16.6. The van der Waals surface area contributed by atoms with Gasteiger partial charge in [-0.15, -0.1) is 0 Å². The molecule has 0 radical (unpaired) electrons. The number of nitrogens with zero attached hydrogens (tertiary/aromatic N) is 7. The van der Waals surface area contributed by atoms with Crippen molar-refractivity contribution >= 4 is 123 Å². The van der Waals surface area contributed by atoms with Crippen LogP contribution in [0.1, 0.15) is 0 Å². The summed E-state index contributed by atoms with van der Waals surface area (Å²) in [6, 6.07) is 151. The minimum Gasteiger partial charge on any atom is -0.497 e. The molecular formula is C107H87N7O4. The molecule has 0 saturated carbocycles. The van der Waals surface area contributed by atoms with Gasteiger partial charge in [-0.2, -0.15) is 0 Å². The maximum absolute atomic E-state index is 11.0. The summed E-state index contributed by atoms with van der Waals surface area (Å²) < 4.78 is 10.7. The second kappa shape index (κ2) is 35.7. The summed E-state index contributed by atoms with van der Waals surface area (Å²) >= 11 is 0. The SMILES string of the molecule is CN(c1ccc(N(c2ccc(-c3ccccc3)cc2)c2ccc3ccccc3c2)cc1)c1ccc([N+](=O)[O-])cc1.COc1ccc(N(C)c2ccc(N(c3ccc(-c4ccccc4)cc3)c3ccc4ccccc4c3)cc2)cc1.COc1cccc(N(C)c2ccc(N(c3ccc(-c4ccccc4)cc3)c3ccc4ccccc4c3)cc2)c1. The molecule has 0 amide bonds. The van der Waals surface area contributed by atoms with Crippen molar-refractivity contribution in [1.29, 1.82) is 0 Å². The first kappa shape index (κ1) is 76.5. The molecule has 0 aliphatic rings. The summed E-state index contributed by atoms with van der Waals surface area (Å²) in [5, 5.41) is 18.3. The molecule has 0 atom stereocenters. The number of nitro benzene ring substituents is 1. The molecule has 0 saturated heterocycles. The van der Waals surface area contributed by atoms with Gasteiger partial charge in [0.15, 0.2) is 0 Å². The van der Waals surface area contributed by atoms with E-state index in [9.17, 15) is 10.1 Å². The van der Waals surface area contributed by atoms with Crippen LogP contribution in [-0.2, 0) is 0 Å². The van der Waals surface area contributed by atoms with Gasteiger partial charge in [-0.05, 0) is 260 Å². The van der Waals surface area contributed by atoms with Gasteiger partial charge in [-0.1, -0.05) is 224 Å². The molecule has 18 rings (SSSR count). The summed E-state index contributed by atoms with van der Waals surface area (Å²) in [5.41, 5.74) is 23.3. The smallest absolute Gasteiger partial charge is 0.269 e. The fourth-order valence-electron chi connectivity index (χ4n) is 14.9. The third-order valence-electron chi connectivity index (χ3n) is 21.5. The molecule has 0 unspecified atom stereocenters. The van der Waals surface area contributed by atoms with Crippen LogP contribution in [0.25, 0.3) is 65.7 Å². The Kier molecular flexibility index (Phi) is 23.2. The summed E-state index contributed by atoms with van der Waals surface area (Å²) in [7, 11) is 9.50. The topological polar surface area (TPSA) is 81.0 Å². The molecule has 0 heterocycles. The van der Waals surface area contributed by atoms with Gasteiger partial charge in [0.1, 0.15) is 11.5 Å². The molecule has 0 aliphatic heterocycles. The van der Waals surface area contributed by atoms with Gasteiger partial charge in [-0.25, -0.2) is 0 Å². The lowest BCUT2D eigenvalue weighted by molar-refractivity contribution is -0.384. The Morgan fingerprint density at radius 3 is 0.737 bits per heavy atom. The Hall–Kier alpha value is -15.5. The third-order valence-corrected chi connectivity index (χ3v) is 21.5. The second-order valence-electron chi connectivity index (χ2n) is 28.7. The van der Waals surface area contributed by atoms with E-state index in [2.05, 4.69) is 415 Å². The molecule has 11 nitrogen and oxygen atoms in total. The van der Waals surface area contributed by atoms with Gasteiger partial charge in [0.2, 0.25) is 0 Å². The van der Waals surface area contributed by atoms with Crippen LogP contribution in [0.3, 0.4) is 0 Å². The summed E-state index contributed by atoms with van der Waals surface area (Å²) in [4.78, 5) is 23.9. The molecule has 0 fully saturated rings. The van der Waals surface area contributed by atoms with Gasteiger partial charge in [0.05, 0.1) is 19.1 Å². The van der Waals surface area contributed by atoms with Crippen LogP contribution in [0.15, 0.2) is 437 Å². The Bertz CT molecular complexity index is 6380. The minimum atomic E-state index is -0.383. The number of rotatable bonds is 21. The summed E-state index contributed by atoms with van der Waals surface area (Å²) in [5.74, 6) is 1.70. The van der Waals surface area contributed by atoms with E-state index in [0.717, 1.165) is 96.8 Å². The highest BCUT2D eigenvalue weighted by Crippen LogP contribution is 2.44. The lowest BCUT2D eigenvalue weighted by Crippen LogP contribution is -2.12. The first-order valence-electron chi connectivity index (χ1n) is 39.3. The molecule has 0 bridgehead atoms. The lowest BCUT2D eigenvalue weighted by atomic mass is 10.0. The average Bonchev–Trinajstić information content (AvgIpc) is 0.793. The second-order valence-corrected chi connectivity index (χ2v) is 28.7.